The second-order valence-electron chi connectivity index (χ2n) is 5.14. The van der Waals surface area contributed by atoms with E-state index in [2.05, 4.69) is 10.2 Å². The lowest BCUT2D eigenvalue weighted by Crippen LogP contribution is -2.45. The van der Waals surface area contributed by atoms with Crippen LogP contribution >= 0.6 is 0 Å². The van der Waals surface area contributed by atoms with E-state index < -0.39 is 0 Å². The molecule has 0 aliphatic carbocycles. The number of nitrogens with zero attached hydrogens (tertiary/aromatic N) is 2. The van der Waals surface area contributed by atoms with Gasteiger partial charge in [-0.25, -0.2) is 0 Å². The maximum Gasteiger partial charge on any atom is 0.222 e. The van der Waals surface area contributed by atoms with Gasteiger partial charge in [-0.2, -0.15) is 0 Å². The van der Waals surface area contributed by atoms with Crippen molar-refractivity contribution in [2.75, 3.05) is 53.0 Å². The Morgan fingerprint density at radius 3 is 2.83 bits per heavy atom. The smallest absolute Gasteiger partial charge is 0.222 e. The summed E-state index contributed by atoms with van der Waals surface area (Å²) < 4.78 is 5.37. The Morgan fingerprint density at radius 2 is 2.11 bits per heavy atom. The molecule has 0 bridgehead atoms. The minimum atomic E-state index is 0.320. The highest BCUT2D eigenvalue weighted by molar-refractivity contribution is 5.76. The van der Waals surface area contributed by atoms with E-state index in [9.17, 15) is 4.79 Å². The third-order valence-corrected chi connectivity index (χ3v) is 3.90. The number of ether oxygens (including phenoxy) is 1. The van der Waals surface area contributed by atoms with Crippen molar-refractivity contribution >= 4 is 5.91 Å². The zero-order valence-electron chi connectivity index (χ0n) is 11.4. The van der Waals surface area contributed by atoms with Crippen molar-refractivity contribution in [2.45, 2.75) is 25.3 Å². The standard InChI is InChI=1S/C13H25N3O2/c1-14-5-2-3-13(17)16-6-4-12(11-16)15-7-9-18-10-8-15/h12,14H,2-11H2,1H3. The molecule has 0 aromatic heterocycles. The first-order chi connectivity index (χ1) is 8.81. The molecule has 2 rings (SSSR count). The van der Waals surface area contributed by atoms with E-state index in [1.165, 1.54) is 0 Å². The highest BCUT2D eigenvalue weighted by Gasteiger charge is 2.30. The number of rotatable bonds is 5. The summed E-state index contributed by atoms with van der Waals surface area (Å²) >= 11 is 0. The number of amides is 1. The van der Waals surface area contributed by atoms with Crippen molar-refractivity contribution in [1.29, 1.82) is 0 Å². The monoisotopic (exact) mass is 255 g/mol. The lowest BCUT2D eigenvalue weighted by atomic mass is 10.2. The quantitative estimate of drug-likeness (QED) is 0.698. The zero-order valence-corrected chi connectivity index (χ0v) is 11.4. The first-order valence-corrected chi connectivity index (χ1v) is 7.05. The van der Waals surface area contributed by atoms with E-state index in [1.807, 2.05) is 11.9 Å². The van der Waals surface area contributed by atoms with Gasteiger partial charge in [-0.3, -0.25) is 9.69 Å². The van der Waals surface area contributed by atoms with E-state index in [4.69, 9.17) is 4.74 Å². The molecule has 2 aliphatic heterocycles. The highest BCUT2D eigenvalue weighted by atomic mass is 16.5. The minimum Gasteiger partial charge on any atom is -0.379 e. The number of morpholine rings is 1. The Morgan fingerprint density at radius 1 is 1.33 bits per heavy atom. The molecule has 5 heteroatoms. The molecule has 104 valence electrons. The fraction of sp³-hybridized carbons (Fsp3) is 0.923. The molecule has 0 aromatic rings. The van der Waals surface area contributed by atoms with E-state index >= 15 is 0 Å². The van der Waals surface area contributed by atoms with Gasteiger partial charge in [-0.05, 0) is 26.4 Å². The Balaban J connectivity index is 1.71. The molecule has 0 radical (unpaired) electrons. The summed E-state index contributed by atoms with van der Waals surface area (Å²) in [5.74, 6) is 0.320. The fourth-order valence-corrected chi connectivity index (χ4v) is 2.78. The Bertz CT molecular complexity index is 267. The molecule has 5 nitrogen and oxygen atoms in total. The Labute approximate surface area is 109 Å². The van der Waals surface area contributed by atoms with Gasteiger partial charge in [0.2, 0.25) is 5.91 Å². The van der Waals surface area contributed by atoms with Crippen molar-refractivity contribution in [1.82, 2.24) is 15.1 Å². The fourth-order valence-electron chi connectivity index (χ4n) is 2.78. The second-order valence-corrected chi connectivity index (χ2v) is 5.14. The molecule has 1 N–H and O–H groups in total. The molecular formula is C13H25N3O2. The van der Waals surface area contributed by atoms with E-state index in [0.29, 0.717) is 18.4 Å². The van der Waals surface area contributed by atoms with Crippen LogP contribution in [0.25, 0.3) is 0 Å². The summed E-state index contributed by atoms with van der Waals surface area (Å²) in [6.45, 7) is 6.49. The molecule has 1 amide bonds. The van der Waals surface area contributed by atoms with Crippen molar-refractivity contribution in [2.24, 2.45) is 0 Å². The van der Waals surface area contributed by atoms with E-state index in [0.717, 1.165) is 58.8 Å². The van der Waals surface area contributed by atoms with Crippen molar-refractivity contribution < 1.29 is 9.53 Å². The second kappa shape index (κ2) is 7.07. The average Bonchev–Trinajstić information content (AvgIpc) is 2.89. The SMILES string of the molecule is CNCCCC(=O)N1CCC(N2CCOCC2)C1. The van der Waals surface area contributed by atoms with Crippen LogP contribution in [0, 0.1) is 0 Å². The summed E-state index contributed by atoms with van der Waals surface area (Å²) in [5.41, 5.74) is 0. The van der Waals surface area contributed by atoms with Crippen molar-refractivity contribution in [3.8, 4) is 0 Å². The third kappa shape index (κ3) is 3.67. The molecule has 2 heterocycles. The summed E-state index contributed by atoms with van der Waals surface area (Å²) in [4.78, 5) is 16.5. The van der Waals surface area contributed by atoms with Crippen LogP contribution < -0.4 is 5.32 Å². The van der Waals surface area contributed by atoms with Gasteiger partial charge in [0.25, 0.3) is 0 Å². The Kier molecular flexibility index (Phi) is 5.41. The number of carbonyl (C=O) groups excluding carboxylic acids is 1. The van der Waals surface area contributed by atoms with Crippen LogP contribution in [0.4, 0.5) is 0 Å². The predicted molar refractivity (Wildman–Crippen MR) is 70.5 cm³/mol. The molecule has 18 heavy (non-hydrogen) atoms. The van der Waals surface area contributed by atoms with Crippen LogP contribution in [0.3, 0.4) is 0 Å². The number of likely N-dealkylation sites (tertiary alicyclic amines) is 1. The maximum absolute atomic E-state index is 12.0. The highest BCUT2D eigenvalue weighted by Crippen LogP contribution is 2.17. The molecule has 1 atom stereocenters. The first kappa shape index (κ1) is 13.8. The van der Waals surface area contributed by atoms with Gasteiger partial charge < -0.3 is 15.0 Å². The normalized spacial score (nSPS) is 25.6. The first-order valence-electron chi connectivity index (χ1n) is 7.05. The molecule has 2 saturated heterocycles. The van der Waals surface area contributed by atoms with E-state index in [-0.39, 0.29) is 0 Å². The molecule has 0 saturated carbocycles. The van der Waals surface area contributed by atoms with Crippen LogP contribution in [-0.2, 0) is 9.53 Å². The number of hydrogen-bond acceptors (Lipinski definition) is 4. The average molecular weight is 255 g/mol. The summed E-state index contributed by atoms with van der Waals surface area (Å²) in [5, 5.41) is 3.08. The summed E-state index contributed by atoms with van der Waals surface area (Å²) in [6, 6.07) is 0.558. The summed E-state index contributed by atoms with van der Waals surface area (Å²) in [6.07, 6.45) is 2.74. The molecule has 0 spiro atoms. The van der Waals surface area contributed by atoms with Crippen molar-refractivity contribution in [3.05, 3.63) is 0 Å². The van der Waals surface area contributed by atoms with Gasteiger partial charge in [-0.1, -0.05) is 0 Å². The van der Waals surface area contributed by atoms with Gasteiger partial charge in [-0.15, -0.1) is 0 Å². The molecular weight excluding hydrogens is 230 g/mol. The molecule has 1 unspecified atom stereocenters. The van der Waals surface area contributed by atoms with Gasteiger partial charge in [0, 0.05) is 38.6 Å². The predicted octanol–water partition coefficient (Wildman–Crippen LogP) is -0.0809. The lowest BCUT2D eigenvalue weighted by molar-refractivity contribution is -0.130. The number of nitrogens with one attached hydrogen (secondary N) is 1. The van der Waals surface area contributed by atoms with E-state index in [1.54, 1.807) is 0 Å². The van der Waals surface area contributed by atoms with Gasteiger partial charge in [0.05, 0.1) is 13.2 Å². The van der Waals surface area contributed by atoms with Crippen LogP contribution in [0.1, 0.15) is 19.3 Å². The van der Waals surface area contributed by atoms with Crippen LogP contribution in [0.2, 0.25) is 0 Å². The maximum atomic E-state index is 12.0. The van der Waals surface area contributed by atoms with Crippen LogP contribution in [0.5, 0.6) is 0 Å². The number of carbonyl (C=O) groups is 1. The third-order valence-electron chi connectivity index (χ3n) is 3.90. The van der Waals surface area contributed by atoms with Crippen LogP contribution in [-0.4, -0.2) is 74.7 Å². The Hall–Kier alpha value is -0.650. The largest absolute Gasteiger partial charge is 0.379 e. The number of hydrogen-bond donors (Lipinski definition) is 1. The molecule has 2 aliphatic rings. The minimum absolute atomic E-state index is 0.320. The topological polar surface area (TPSA) is 44.8 Å². The summed E-state index contributed by atoms with van der Waals surface area (Å²) in [7, 11) is 1.93. The van der Waals surface area contributed by atoms with Crippen LogP contribution in [0.15, 0.2) is 0 Å². The van der Waals surface area contributed by atoms with Gasteiger partial charge in [0.1, 0.15) is 0 Å². The molecule has 2 fully saturated rings. The lowest BCUT2D eigenvalue weighted by Gasteiger charge is -2.32. The van der Waals surface area contributed by atoms with Crippen molar-refractivity contribution in [3.63, 3.8) is 0 Å². The van der Waals surface area contributed by atoms with Gasteiger partial charge >= 0.3 is 0 Å². The molecule has 0 aromatic carbocycles. The zero-order chi connectivity index (χ0) is 12.8. The van der Waals surface area contributed by atoms with Gasteiger partial charge in [0.15, 0.2) is 0 Å².